The number of aromatic amines is 1. The van der Waals surface area contributed by atoms with E-state index in [9.17, 15) is 14.7 Å². The van der Waals surface area contributed by atoms with E-state index in [1.54, 1.807) is 11.6 Å². The molecule has 166 valence electrons. The molecule has 1 aliphatic rings. The smallest absolute Gasteiger partial charge is 0.329 e. The lowest BCUT2D eigenvalue weighted by Crippen LogP contribution is -2.37. The zero-order valence-corrected chi connectivity index (χ0v) is 18.2. The molecule has 4 rings (SSSR count). The fourth-order valence-electron chi connectivity index (χ4n) is 4.17. The minimum absolute atomic E-state index is 0.0721. The Kier molecular flexibility index (Phi) is 5.86. The summed E-state index contributed by atoms with van der Waals surface area (Å²) in [5, 5.41) is 10.7. The maximum Gasteiger partial charge on any atom is 0.329 e. The van der Waals surface area contributed by atoms with E-state index in [4.69, 9.17) is 4.74 Å². The van der Waals surface area contributed by atoms with Gasteiger partial charge >= 0.3 is 5.69 Å². The fourth-order valence-corrected chi connectivity index (χ4v) is 4.17. The average Bonchev–Trinajstić information content (AvgIpc) is 3.10. The number of hydrogen-bond donors (Lipinski definition) is 2. The number of piperidine rings is 1. The number of aromatic nitrogens is 4. The Balaban J connectivity index is 1.67. The minimum atomic E-state index is -0.865. The van der Waals surface area contributed by atoms with Gasteiger partial charge in [0.25, 0.3) is 5.56 Å². The summed E-state index contributed by atoms with van der Waals surface area (Å²) in [6.45, 7) is 5.99. The van der Waals surface area contributed by atoms with Gasteiger partial charge in [-0.15, -0.1) is 0 Å². The first-order valence-corrected chi connectivity index (χ1v) is 10.7. The molecule has 3 heterocycles. The van der Waals surface area contributed by atoms with Crippen LogP contribution in [0.2, 0.25) is 0 Å². The number of nitrogens with one attached hydrogen (secondary N) is 1. The Hall–Kier alpha value is -3.07. The Morgan fingerprint density at radius 2 is 2.16 bits per heavy atom. The summed E-state index contributed by atoms with van der Waals surface area (Å²) in [4.78, 5) is 33.9. The third-order valence-electron chi connectivity index (χ3n) is 5.75. The molecule has 2 atom stereocenters. The van der Waals surface area contributed by atoms with E-state index in [2.05, 4.69) is 21.8 Å². The van der Waals surface area contributed by atoms with Gasteiger partial charge in [-0.2, -0.15) is 4.98 Å². The Morgan fingerprint density at radius 1 is 1.35 bits per heavy atom. The molecule has 1 saturated heterocycles. The molecular formula is C22H29N5O4. The maximum absolute atomic E-state index is 12.7. The van der Waals surface area contributed by atoms with Crippen molar-refractivity contribution in [3.05, 3.63) is 50.7 Å². The van der Waals surface area contributed by atoms with Gasteiger partial charge in [-0.05, 0) is 43.4 Å². The summed E-state index contributed by atoms with van der Waals surface area (Å²) in [5.41, 5.74) is 0.651. The molecule has 2 N–H and O–H groups in total. The first-order valence-electron chi connectivity index (χ1n) is 10.7. The molecule has 0 bridgehead atoms. The molecule has 1 aliphatic heterocycles. The summed E-state index contributed by atoms with van der Waals surface area (Å²) in [5.74, 6) is 1.78. The van der Waals surface area contributed by atoms with E-state index < -0.39 is 17.4 Å². The van der Waals surface area contributed by atoms with Gasteiger partial charge in [0, 0.05) is 20.1 Å². The van der Waals surface area contributed by atoms with Crippen LogP contribution in [0.1, 0.15) is 25.3 Å². The van der Waals surface area contributed by atoms with Crippen LogP contribution in [0, 0.1) is 12.8 Å². The molecule has 0 amide bonds. The molecule has 1 aromatic carbocycles. The Labute approximate surface area is 179 Å². The normalized spacial score (nSPS) is 17.8. The lowest BCUT2D eigenvalue weighted by atomic mass is 10.0. The highest BCUT2D eigenvalue weighted by Gasteiger charge is 2.26. The van der Waals surface area contributed by atoms with Gasteiger partial charge in [-0.25, -0.2) is 4.79 Å². The van der Waals surface area contributed by atoms with Crippen LogP contribution in [-0.2, 0) is 13.6 Å². The number of hydrogen-bond acceptors (Lipinski definition) is 6. The van der Waals surface area contributed by atoms with Crippen molar-refractivity contribution in [2.24, 2.45) is 13.0 Å². The SMILES string of the molecule is Cc1cccc(OC[C@H](O)Cn2c(N3CCC[C@H](C)C3)nc3c2c(=O)[nH]c(=O)n3C)c1. The zero-order chi connectivity index (χ0) is 22.1. The summed E-state index contributed by atoms with van der Waals surface area (Å²) in [6.07, 6.45) is 1.30. The van der Waals surface area contributed by atoms with Crippen molar-refractivity contribution in [3.63, 3.8) is 0 Å². The lowest BCUT2D eigenvalue weighted by molar-refractivity contribution is 0.0935. The van der Waals surface area contributed by atoms with Crippen LogP contribution in [0.3, 0.4) is 0 Å². The summed E-state index contributed by atoms with van der Waals surface area (Å²) in [7, 11) is 1.58. The molecule has 0 aliphatic carbocycles. The second-order valence-electron chi connectivity index (χ2n) is 8.49. The largest absolute Gasteiger partial charge is 0.491 e. The van der Waals surface area contributed by atoms with Crippen molar-refractivity contribution in [3.8, 4) is 5.75 Å². The van der Waals surface area contributed by atoms with E-state index in [0.717, 1.165) is 31.5 Å². The highest BCUT2D eigenvalue weighted by molar-refractivity contribution is 5.74. The van der Waals surface area contributed by atoms with Crippen LogP contribution in [0.4, 0.5) is 5.95 Å². The fraction of sp³-hybridized carbons (Fsp3) is 0.500. The van der Waals surface area contributed by atoms with Crippen LogP contribution in [0.15, 0.2) is 33.9 Å². The Morgan fingerprint density at radius 3 is 2.90 bits per heavy atom. The number of H-pyrrole nitrogens is 1. The molecule has 31 heavy (non-hydrogen) atoms. The highest BCUT2D eigenvalue weighted by atomic mass is 16.5. The van der Waals surface area contributed by atoms with E-state index in [0.29, 0.717) is 23.3 Å². The first kappa shape index (κ1) is 21.2. The minimum Gasteiger partial charge on any atom is -0.491 e. The third-order valence-corrected chi connectivity index (χ3v) is 5.75. The number of benzene rings is 1. The molecule has 2 aromatic heterocycles. The predicted molar refractivity (Wildman–Crippen MR) is 119 cm³/mol. The van der Waals surface area contributed by atoms with Crippen molar-refractivity contribution in [1.82, 2.24) is 19.1 Å². The van der Waals surface area contributed by atoms with Crippen LogP contribution in [0.25, 0.3) is 11.2 Å². The van der Waals surface area contributed by atoms with Gasteiger partial charge in [-0.1, -0.05) is 19.1 Å². The number of nitrogens with zero attached hydrogens (tertiary/aromatic N) is 4. The number of imidazole rings is 1. The van der Waals surface area contributed by atoms with Crippen molar-refractivity contribution in [2.45, 2.75) is 39.3 Å². The maximum atomic E-state index is 12.7. The summed E-state index contributed by atoms with van der Waals surface area (Å²) in [6, 6.07) is 7.62. The van der Waals surface area contributed by atoms with Crippen LogP contribution in [0.5, 0.6) is 5.75 Å². The van der Waals surface area contributed by atoms with E-state index in [1.165, 1.54) is 4.57 Å². The van der Waals surface area contributed by atoms with Gasteiger partial charge in [0.05, 0.1) is 6.54 Å². The second-order valence-corrected chi connectivity index (χ2v) is 8.49. The molecule has 9 nitrogen and oxygen atoms in total. The number of aliphatic hydroxyl groups is 1. The Bertz CT molecular complexity index is 1190. The van der Waals surface area contributed by atoms with Gasteiger partial charge in [-0.3, -0.25) is 14.3 Å². The number of rotatable bonds is 6. The van der Waals surface area contributed by atoms with Gasteiger partial charge in [0.15, 0.2) is 11.2 Å². The standard InChI is InChI=1S/C22H29N5O4/c1-14-6-4-8-17(10-14)31-13-16(28)12-27-18-19(25(3)22(30)24-20(18)29)23-21(27)26-9-5-7-15(2)11-26/h4,6,8,10,15-16,28H,5,7,9,11-13H2,1-3H3,(H,24,29,30)/t15-,16+/m0/s1. The van der Waals surface area contributed by atoms with Crippen molar-refractivity contribution in [2.75, 3.05) is 24.6 Å². The van der Waals surface area contributed by atoms with Crippen molar-refractivity contribution in [1.29, 1.82) is 0 Å². The number of anilines is 1. The average molecular weight is 428 g/mol. The number of fused-ring (bicyclic) bond motifs is 1. The zero-order valence-electron chi connectivity index (χ0n) is 18.2. The summed E-state index contributed by atoms with van der Waals surface area (Å²) >= 11 is 0. The molecule has 9 heteroatoms. The molecule has 0 unspecified atom stereocenters. The van der Waals surface area contributed by atoms with E-state index in [1.807, 2.05) is 31.2 Å². The van der Waals surface area contributed by atoms with Gasteiger partial charge < -0.3 is 19.3 Å². The number of ether oxygens (including phenoxy) is 1. The summed E-state index contributed by atoms with van der Waals surface area (Å²) < 4.78 is 8.80. The van der Waals surface area contributed by atoms with Gasteiger partial charge in [0.1, 0.15) is 18.5 Å². The molecule has 3 aromatic rings. The van der Waals surface area contributed by atoms with Crippen molar-refractivity contribution >= 4 is 17.1 Å². The molecule has 1 fully saturated rings. The lowest BCUT2D eigenvalue weighted by Gasteiger charge is -2.32. The van der Waals surface area contributed by atoms with Crippen molar-refractivity contribution < 1.29 is 9.84 Å². The van der Waals surface area contributed by atoms with E-state index >= 15 is 0 Å². The quantitative estimate of drug-likeness (QED) is 0.616. The van der Waals surface area contributed by atoms with E-state index in [-0.39, 0.29) is 18.7 Å². The third kappa shape index (κ3) is 4.36. The highest BCUT2D eigenvalue weighted by Crippen LogP contribution is 2.25. The monoisotopic (exact) mass is 427 g/mol. The number of aryl methyl sites for hydroxylation is 2. The molecule has 0 saturated carbocycles. The topological polar surface area (TPSA) is 105 Å². The second kappa shape index (κ2) is 8.58. The first-order chi connectivity index (χ1) is 14.8. The van der Waals surface area contributed by atoms with Crippen LogP contribution < -0.4 is 20.9 Å². The molecule has 0 radical (unpaired) electrons. The van der Waals surface area contributed by atoms with Gasteiger partial charge in [0.2, 0.25) is 5.95 Å². The van der Waals surface area contributed by atoms with Crippen LogP contribution in [-0.4, -0.2) is 50.0 Å². The predicted octanol–water partition coefficient (Wildman–Crippen LogP) is 1.41. The number of aliphatic hydroxyl groups excluding tert-OH is 1. The molecular weight excluding hydrogens is 398 g/mol. The molecule has 0 spiro atoms. The van der Waals surface area contributed by atoms with Crippen LogP contribution >= 0.6 is 0 Å².